The molecule has 0 heterocycles. The average Bonchev–Trinajstić information content (AvgIpc) is 3.28. The monoisotopic (exact) mass is 304 g/mol. The number of hydrogen-bond acceptors (Lipinski definition) is 2. The van der Waals surface area contributed by atoms with E-state index < -0.39 is 0 Å². The first-order valence-electron chi connectivity index (χ1n) is 7.18. The summed E-state index contributed by atoms with van der Waals surface area (Å²) in [7, 11) is 0. The molecule has 1 atom stereocenters. The minimum Gasteiger partial charge on any atom is -0.377 e. The Balaban J connectivity index is 1.77. The lowest BCUT2D eigenvalue weighted by Crippen LogP contribution is -2.20. The van der Waals surface area contributed by atoms with Crippen molar-refractivity contribution in [1.82, 2.24) is 0 Å². The van der Waals surface area contributed by atoms with Gasteiger partial charge in [-0.15, -0.1) is 0 Å². The second-order valence-corrected chi connectivity index (χ2v) is 5.97. The maximum absolute atomic E-state index is 13.4. The highest BCUT2D eigenvalue weighted by Gasteiger charge is 2.23. The van der Waals surface area contributed by atoms with Crippen molar-refractivity contribution in [3.8, 4) is 0 Å². The highest BCUT2D eigenvalue weighted by molar-refractivity contribution is 6.30. The zero-order chi connectivity index (χ0) is 14.8. The first kappa shape index (κ1) is 14.4. The van der Waals surface area contributed by atoms with Crippen LogP contribution in [0.25, 0.3) is 0 Å². The molecule has 1 aliphatic rings. The van der Waals surface area contributed by atoms with Crippen LogP contribution in [0.5, 0.6) is 0 Å². The highest BCUT2D eigenvalue weighted by atomic mass is 35.5. The Morgan fingerprint density at radius 3 is 2.48 bits per heavy atom. The van der Waals surface area contributed by atoms with Crippen LogP contribution < -0.4 is 11.1 Å². The summed E-state index contributed by atoms with van der Waals surface area (Å²) in [6, 6.07) is 12.9. The van der Waals surface area contributed by atoms with E-state index in [9.17, 15) is 4.39 Å². The molecule has 0 saturated heterocycles. The van der Waals surface area contributed by atoms with Gasteiger partial charge in [0.25, 0.3) is 0 Å². The largest absolute Gasteiger partial charge is 0.377 e. The van der Waals surface area contributed by atoms with Crippen molar-refractivity contribution in [3.63, 3.8) is 0 Å². The summed E-state index contributed by atoms with van der Waals surface area (Å²) >= 11 is 5.87. The molecular formula is C17H18ClFN2. The predicted octanol–water partition coefficient (Wildman–Crippen LogP) is 4.47. The van der Waals surface area contributed by atoms with Gasteiger partial charge in [0.15, 0.2) is 0 Å². The third-order valence-corrected chi connectivity index (χ3v) is 4.04. The van der Waals surface area contributed by atoms with E-state index in [0.717, 1.165) is 11.5 Å². The molecule has 2 aromatic carbocycles. The van der Waals surface area contributed by atoms with Crippen LogP contribution in [0.4, 0.5) is 10.1 Å². The van der Waals surface area contributed by atoms with Gasteiger partial charge in [-0.2, -0.15) is 0 Å². The van der Waals surface area contributed by atoms with E-state index in [2.05, 4.69) is 29.6 Å². The molecule has 4 heteroatoms. The quantitative estimate of drug-likeness (QED) is 0.855. The van der Waals surface area contributed by atoms with Crippen molar-refractivity contribution >= 4 is 17.3 Å². The normalized spacial score (nSPS) is 15.8. The molecule has 0 bridgehead atoms. The van der Waals surface area contributed by atoms with Crippen molar-refractivity contribution in [1.29, 1.82) is 0 Å². The molecule has 1 fully saturated rings. The summed E-state index contributed by atoms with van der Waals surface area (Å²) in [6.07, 6.45) is 2.58. The maximum Gasteiger partial charge on any atom is 0.126 e. The van der Waals surface area contributed by atoms with E-state index in [1.54, 1.807) is 6.07 Å². The molecule has 0 aliphatic heterocycles. The topological polar surface area (TPSA) is 38.0 Å². The fourth-order valence-electron chi connectivity index (χ4n) is 2.53. The van der Waals surface area contributed by atoms with Crippen molar-refractivity contribution in [2.75, 3.05) is 11.9 Å². The second-order valence-electron chi connectivity index (χ2n) is 5.53. The Hall–Kier alpha value is -1.58. The molecule has 1 unspecified atom stereocenters. The molecule has 1 aliphatic carbocycles. The van der Waals surface area contributed by atoms with Crippen LogP contribution in [-0.4, -0.2) is 6.54 Å². The average molecular weight is 305 g/mol. The van der Waals surface area contributed by atoms with Gasteiger partial charge < -0.3 is 11.1 Å². The molecule has 3 rings (SSSR count). The fourth-order valence-corrected chi connectivity index (χ4v) is 2.76. The number of rotatable bonds is 5. The fraction of sp³-hybridized carbons (Fsp3) is 0.294. The smallest absolute Gasteiger partial charge is 0.126 e. The van der Waals surface area contributed by atoms with Crippen LogP contribution in [0.2, 0.25) is 5.02 Å². The minimum atomic E-state index is -0.357. The van der Waals surface area contributed by atoms with Crippen molar-refractivity contribution in [3.05, 3.63) is 64.4 Å². The van der Waals surface area contributed by atoms with Gasteiger partial charge in [0.05, 0.1) is 6.04 Å². The van der Waals surface area contributed by atoms with Crippen LogP contribution in [0, 0.1) is 5.82 Å². The van der Waals surface area contributed by atoms with Crippen LogP contribution >= 0.6 is 11.6 Å². The van der Waals surface area contributed by atoms with Gasteiger partial charge in [-0.25, -0.2) is 4.39 Å². The third-order valence-electron chi connectivity index (χ3n) is 3.83. The summed E-state index contributed by atoms with van der Waals surface area (Å²) in [6.45, 7) is 0.427. The Labute approximate surface area is 129 Å². The maximum atomic E-state index is 13.4. The molecule has 110 valence electrons. The molecular weight excluding hydrogens is 287 g/mol. The molecule has 1 saturated carbocycles. The number of halogens is 2. The molecule has 2 aromatic rings. The van der Waals surface area contributed by atoms with E-state index >= 15 is 0 Å². The zero-order valence-electron chi connectivity index (χ0n) is 11.7. The van der Waals surface area contributed by atoms with Crippen molar-refractivity contribution in [2.24, 2.45) is 5.73 Å². The number of nitrogens with one attached hydrogen (secondary N) is 1. The molecule has 2 nitrogen and oxygen atoms in total. The molecule has 0 aromatic heterocycles. The van der Waals surface area contributed by atoms with E-state index in [0.29, 0.717) is 17.3 Å². The van der Waals surface area contributed by atoms with Crippen LogP contribution in [0.1, 0.15) is 35.9 Å². The Kier molecular flexibility index (Phi) is 4.13. The van der Waals surface area contributed by atoms with Gasteiger partial charge in [-0.3, -0.25) is 0 Å². The van der Waals surface area contributed by atoms with E-state index in [1.807, 2.05) is 0 Å². The number of hydrogen-bond donors (Lipinski definition) is 2. The summed E-state index contributed by atoms with van der Waals surface area (Å²) in [4.78, 5) is 0. The third kappa shape index (κ3) is 3.55. The number of benzene rings is 2. The lowest BCUT2D eigenvalue weighted by atomic mass is 10.0. The van der Waals surface area contributed by atoms with Crippen LogP contribution in [0.15, 0.2) is 42.5 Å². The van der Waals surface area contributed by atoms with Gasteiger partial charge in [-0.05, 0) is 48.1 Å². The zero-order valence-corrected chi connectivity index (χ0v) is 12.4. The Bertz CT molecular complexity index is 603. The molecule has 21 heavy (non-hydrogen) atoms. The lowest BCUT2D eigenvalue weighted by Gasteiger charge is -2.19. The van der Waals surface area contributed by atoms with Gasteiger partial charge in [-0.1, -0.05) is 35.9 Å². The van der Waals surface area contributed by atoms with Crippen LogP contribution in [-0.2, 0) is 0 Å². The predicted molar refractivity (Wildman–Crippen MR) is 85.2 cm³/mol. The van der Waals surface area contributed by atoms with Gasteiger partial charge in [0.1, 0.15) is 5.82 Å². The highest BCUT2D eigenvalue weighted by Crippen LogP contribution is 2.40. The van der Waals surface area contributed by atoms with E-state index in [1.165, 1.54) is 30.5 Å². The van der Waals surface area contributed by atoms with E-state index in [-0.39, 0.29) is 11.9 Å². The van der Waals surface area contributed by atoms with E-state index in [4.69, 9.17) is 17.3 Å². The Morgan fingerprint density at radius 2 is 1.90 bits per heavy atom. The van der Waals surface area contributed by atoms with Crippen molar-refractivity contribution < 1.29 is 4.39 Å². The first-order valence-corrected chi connectivity index (χ1v) is 7.56. The van der Waals surface area contributed by atoms with Gasteiger partial charge in [0.2, 0.25) is 0 Å². The molecule has 0 radical (unpaired) electrons. The number of nitrogens with two attached hydrogens (primary N) is 1. The molecule has 0 spiro atoms. The SMILES string of the molecule is NCC(Nc1cc(F)cc(Cl)c1)c1ccc(C2CC2)cc1. The first-order chi connectivity index (χ1) is 10.2. The summed E-state index contributed by atoms with van der Waals surface area (Å²) in [5.41, 5.74) is 8.98. The van der Waals surface area contributed by atoms with Crippen molar-refractivity contribution in [2.45, 2.75) is 24.8 Å². The Morgan fingerprint density at radius 1 is 1.19 bits per heavy atom. The minimum absolute atomic E-state index is 0.0591. The summed E-state index contributed by atoms with van der Waals surface area (Å²) in [5, 5.41) is 3.61. The molecule has 0 amide bonds. The van der Waals surface area contributed by atoms with Gasteiger partial charge in [0, 0.05) is 17.3 Å². The van der Waals surface area contributed by atoms with Gasteiger partial charge >= 0.3 is 0 Å². The lowest BCUT2D eigenvalue weighted by molar-refractivity contribution is 0.627. The summed E-state index contributed by atoms with van der Waals surface area (Å²) in [5.74, 6) is 0.384. The molecule has 3 N–H and O–H groups in total. The second kappa shape index (κ2) is 6.04. The summed E-state index contributed by atoms with van der Waals surface area (Å²) < 4.78 is 13.4. The van der Waals surface area contributed by atoms with Crippen LogP contribution in [0.3, 0.4) is 0 Å². The number of anilines is 1. The standard InChI is InChI=1S/C17H18ClFN2/c18-14-7-15(19)9-16(8-14)21-17(10-20)13-5-3-12(4-6-13)11-1-2-11/h3-9,11,17,21H,1-2,10,20H2.